The molecule has 2 aromatic carbocycles. The van der Waals surface area contributed by atoms with E-state index < -0.39 is 6.10 Å². The first-order valence-corrected chi connectivity index (χ1v) is 8.73. The molecule has 0 saturated carbocycles. The summed E-state index contributed by atoms with van der Waals surface area (Å²) in [5, 5.41) is 9.36. The quantitative estimate of drug-likeness (QED) is 0.637. The summed E-state index contributed by atoms with van der Waals surface area (Å²) in [4.78, 5) is 0. The molecular weight excluding hydrogens is 348 g/mol. The molecule has 2 heterocycles. The monoisotopic (exact) mass is 360 g/mol. The van der Waals surface area contributed by atoms with Gasteiger partial charge in [-0.2, -0.15) is 0 Å². The molecule has 1 unspecified atom stereocenters. The largest absolute Gasteiger partial charge is 0.485 e. The van der Waals surface area contributed by atoms with Gasteiger partial charge in [-0.1, -0.05) is 47.6 Å². The Morgan fingerprint density at radius 2 is 1.83 bits per heavy atom. The molecule has 1 aromatic heterocycles. The number of hydrogen-bond acceptors (Lipinski definition) is 6. The zero-order chi connectivity index (χ0) is 16.4. The summed E-state index contributed by atoms with van der Waals surface area (Å²) in [6.45, 7) is 0.348. The highest BCUT2D eigenvalue weighted by Crippen LogP contribution is 2.36. The van der Waals surface area contributed by atoms with Crippen LogP contribution in [-0.2, 0) is 5.75 Å². The lowest BCUT2D eigenvalue weighted by atomic mass is 10.2. The Morgan fingerprint density at radius 3 is 2.67 bits per heavy atom. The summed E-state index contributed by atoms with van der Waals surface area (Å²) >= 11 is 7.35. The van der Waals surface area contributed by atoms with E-state index in [9.17, 15) is 0 Å². The molecule has 4 rings (SSSR count). The Bertz CT molecular complexity index is 838. The van der Waals surface area contributed by atoms with Gasteiger partial charge >= 0.3 is 0 Å². The van der Waals surface area contributed by atoms with Gasteiger partial charge < -0.3 is 13.9 Å². The van der Waals surface area contributed by atoms with Crippen LogP contribution in [-0.4, -0.2) is 16.8 Å². The van der Waals surface area contributed by atoms with Crippen molar-refractivity contribution in [1.29, 1.82) is 0 Å². The van der Waals surface area contributed by atoms with Gasteiger partial charge in [0.05, 0.1) is 0 Å². The highest BCUT2D eigenvalue weighted by atomic mass is 35.5. The van der Waals surface area contributed by atoms with Gasteiger partial charge in [-0.05, 0) is 29.8 Å². The topological polar surface area (TPSA) is 57.4 Å². The van der Waals surface area contributed by atoms with Crippen molar-refractivity contribution in [2.75, 3.05) is 6.61 Å². The molecule has 7 heteroatoms. The average Bonchev–Trinajstić information content (AvgIpc) is 3.10. The van der Waals surface area contributed by atoms with E-state index in [1.165, 1.54) is 11.8 Å². The van der Waals surface area contributed by atoms with Gasteiger partial charge in [0.15, 0.2) is 11.5 Å². The molecule has 0 radical (unpaired) electrons. The van der Waals surface area contributed by atoms with E-state index >= 15 is 0 Å². The van der Waals surface area contributed by atoms with Crippen LogP contribution in [0, 0.1) is 0 Å². The number of aromatic nitrogens is 2. The van der Waals surface area contributed by atoms with Crippen molar-refractivity contribution in [2.45, 2.75) is 17.1 Å². The lowest BCUT2D eigenvalue weighted by Gasteiger charge is -2.23. The van der Waals surface area contributed by atoms with Crippen molar-refractivity contribution in [3.63, 3.8) is 0 Å². The molecular formula is C17H13ClN2O3S. The molecule has 0 fully saturated rings. The molecule has 0 spiro atoms. The Labute approximate surface area is 147 Å². The highest BCUT2D eigenvalue weighted by molar-refractivity contribution is 7.98. The molecule has 0 saturated heterocycles. The van der Waals surface area contributed by atoms with Gasteiger partial charge in [-0.25, -0.2) is 0 Å². The molecule has 1 aliphatic heterocycles. The smallest absolute Gasteiger partial charge is 0.277 e. The number of halogens is 1. The van der Waals surface area contributed by atoms with Crippen LogP contribution in [0.3, 0.4) is 0 Å². The van der Waals surface area contributed by atoms with Crippen molar-refractivity contribution >= 4 is 23.4 Å². The van der Waals surface area contributed by atoms with Crippen LogP contribution in [0.4, 0.5) is 0 Å². The van der Waals surface area contributed by atoms with E-state index in [0.717, 1.165) is 22.1 Å². The summed E-state index contributed by atoms with van der Waals surface area (Å²) in [7, 11) is 0. The number of para-hydroxylation sites is 2. The van der Waals surface area contributed by atoms with Gasteiger partial charge in [0.2, 0.25) is 6.10 Å². The molecule has 0 aliphatic carbocycles. The van der Waals surface area contributed by atoms with Crippen LogP contribution in [0.5, 0.6) is 11.5 Å². The second-order valence-corrected chi connectivity index (χ2v) is 6.55. The fourth-order valence-corrected chi connectivity index (χ4v) is 3.13. The molecule has 0 bridgehead atoms. The first-order valence-electron chi connectivity index (χ1n) is 7.37. The van der Waals surface area contributed by atoms with Crippen LogP contribution in [0.1, 0.15) is 17.6 Å². The number of fused-ring (bicyclic) bond motifs is 1. The van der Waals surface area contributed by atoms with Crippen LogP contribution in [0.15, 0.2) is 58.2 Å². The van der Waals surface area contributed by atoms with Crippen LogP contribution in [0.25, 0.3) is 0 Å². The van der Waals surface area contributed by atoms with E-state index in [0.29, 0.717) is 23.5 Å². The third-order valence-electron chi connectivity index (χ3n) is 3.48. The predicted octanol–water partition coefficient (Wildman–Crippen LogP) is 4.53. The molecule has 5 nitrogen and oxygen atoms in total. The molecule has 24 heavy (non-hydrogen) atoms. The maximum absolute atomic E-state index is 5.88. The molecule has 122 valence electrons. The molecule has 0 N–H and O–H groups in total. The van der Waals surface area contributed by atoms with E-state index in [-0.39, 0.29) is 0 Å². The van der Waals surface area contributed by atoms with Gasteiger partial charge in [0.1, 0.15) is 6.61 Å². The van der Waals surface area contributed by atoms with Gasteiger partial charge in [-0.3, -0.25) is 0 Å². The van der Waals surface area contributed by atoms with E-state index in [4.69, 9.17) is 25.5 Å². The Hall–Kier alpha value is -2.18. The minimum absolute atomic E-state index is 0.348. The number of thioether (sulfide) groups is 1. The van der Waals surface area contributed by atoms with Crippen molar-refractivity contribution in [3.8, 4) is 11.5 Å². The summed E-state index contributed by atoms with van der Waals surface area (Å²) in [6.07, 6.45) is -0.391. The SMILES string of the molecule is Clc1ccc(CSc2nnc(C3COc4ccccc4O3)o2)cc1. The fourth-order valence-electron chi connectivity index (χ4n) is 2.28. The minimum atomic E-state index is -0.391. The number of benzene rings is 2. The second kappa shape index (κ2) is 6.75. The number of hydrogen-bond donors (Lipinski definition) is 0. The molecule has 0 amide bonds. The lowest BCUT2D eigenvalue weighted by Crippen LogP contribution is -2.21. The van der Waals surface area contributed by atoms with Gasteiger partial charge in [0.25, 0.3) is 11.1 Å². The first-order chi connectivity index (χ1) is 11.8. The van der Waals surface area contributed by atoms with E-state index in [2.05, 4.69) is 10.2 Å². The zero-order valence-electron chi connectivity index (χ0n) is 12.5. The first kappa shape index (κ1) is 15.4. The Morgan fingerprint density at radius 1 is 1.04 bits per heavy atom. The van der Waals surface area contributed by atoms with Crippen LogP contribution >= 0.6 is 23.4 Å². The maximum atomic E-state index is 5.88. The highest BCUT2D eigenvalue weighted by Gasteiger charge is 2.27. The summed E-state index contributed by atoms with van der Waals surface area (Å²) in [5.41, 5.74) is 1.13. The fraction of sp³-hybridized carbons (Fsp3) is 0.176. The Balaban J connectivity index is 1.41. The zero-order valence-corrected chi connectivity index (χ0v) is 14.1. The van der Waals surface area contributed by atoms with Crippen LogP contribution < -0.4 is 9.47 Å². The van der Waals surface area contributed by atoms with Crippen molar-refractivity contribution in [3.05, 3.63) is 65.0 Å². The van der Waals surface area contributed by atoms with Crippen molar-refractivity contribution in [1.82, 2.24) is 10.2 Å². The molecule has 1 atom stereocenters. The Kier molecular flexibility index (Phi) is 4.32. The normalized spacial score (nSPS) is 16.1. The third kappa shape index (κ3) is 3.34. The standard InChI is InChI=1S/C17H13ClN2O3S/c18-12-7-5-11(6-8-12)10-24-17-20-19-16(23-17)15-9-21-13-3-1-2-4-14(13)22-15/h1-8,15H,9-10H2. The van der Waals surface area contributed by atoms with Crippen molar-refractivity contribution in [2.24, 2.45) is 0 Å². The molecule has 3 aromatic rings. The molecule has 1 aliphatic rings. The third-order valence-corrected chi connectivity index (χ3v) is 4.62. The summed E-state index contributed by atoms with van der Waals surface area (Å²) in [5.74, 6) is 2.56. The number of rotatable bonds is 4. The van der Waals surface area contributed by atoms with Crippen molar-refractivity contribution < 1.29 is 13.9 Å². The summed E-state index contributed by atoms with van der Waals surface area (Å²) in [6, 6.07) is 15.2. The van der Waals surface area contributed by atoms with Crippen LogP contribution in [0.2, 0.25) is 5.02 Å². The average molecular weight is 361 g/mol. The van der Waals surface area contributed by atoms with E-state index in [1.807, 2.05) is 48.5 Å². The maximum Gasteiger partial charge on any atom is 0.277 e. The van der Waals surface area contributed by atoms with E-state index in [1.54, 1.807) is 0 Å². The second-order valence-electron chi connectivity index (χ2n) is 5.19. The number of ether oxygens (including phenoxy) is 2. The van der Waals surface area contributed by atoms with Gasteiger partial charge in [-0.15, -0.1) is 10.2 Å². The van der Waals surface area contributed by atoms with Gasteiger partial charge in [0, 0.05) is 10.8 Å². The predicted molar refractivity (Wildman–Crippen MR) is 90.6 cm³/mol. The minimum Gasteiger partial charge on any atom is -0.485 e. The number of nitrogens with zero attached hydrogens (tertiary/aromatic N) is 2. The summed E-state index contributed by atoms with van der Waals surface area (Å²) < 4.78 is 17.2. The lowest BCUT2D eigenvalue weighted by molar-refractivity contribution is 0.0686.